The van der Waals surface area contributed by atoms with Crippen molar-refractivity contribution in [1.82, 2.24) is 9.97 Å². The zero-order valence-electron chi connectivity index (χ0n) is 9.16. The number of nitrogens with zero attached hydrogens (tertiary/aromatic N) is 1. The molecule has 1 aliphatic heterocycles. The van der Waals surface area contributed by atoms with E-state index in [0.29, 0.717) is 11.7 Å². The van der Waals surface area contributed by atoms with E-state index in [2.05, 4.69) is 15.3 Å². The first-order valence-electron chi connectivity index (χ1n) is 5.24. The Morgan fingerprint density at radius 3 is 3.31 bits per heavy atom. The van der Waals surface area contributed by atoms with Gasteiger partial charge in [-0.25, -0.2) is 4.98 Å². The SMILES string of the molecule is COc1c(NCC2CCSC2)nc[nH]c1=O. The summed E-state index contributed by atoms with van der Waals surface area (Å²) in [4.78, 5) is 18.0. The molecule has 2 heterocycles. The molecule has 0 spiro atoms. The van der Waals surface area contributed by atoms with Crippen molar-refractivity contribution in [2.24, 2.45) is 5.92 Å². The Bertz CT molecular complexity index is 401. The fourth-order valence-electron chi connectivity index (χ4n) is 1.69. The maximum absolute atomic E-state index is 11.4. The van der Waals surface area contributed by atoms with Crippen molar-refractivity contribution in [1.29, 1.82) is 0 Å². The summed E-state index contributed by atoms with van der Waals surface area (Å²) in [5.74, 6) is 3.86. The van der Waals surface area contributed by atoms with Gasteiger partial charge in [-0.15, -0.1) is 0 Å². The molecular formula is C10H15N3O2S. The summed E-state index contributed by atoms with van der Waals surface area (Å²) in [5.41, 5.74) is -0.249. The van der Waals surface area contributed by atoms with Gasteiger partial charge in [-0.1, -0.05) is 0 Å². The lowest BCUT2D eigenvalue weighted by Crippen LogP contribution is -2.18. The van der Waals surface area contributed by atoms with Crippen LogP contribution >= 0.6 is 11.8 Å². The second kappa shape index (κ2) is 5.25. The Balaban J connectivity index is 2.02. The molecule has 5 nitrogen and oxygen atoms in total. The van der Waals surface area contributed by atoms with Crippen LogP contribution < -0.4 is 15.6 Å². The number of nitrogens with one attached hydrogen (secondary N) is 2. The minimum Gasteiger partial charge on any atom is -0.489 e. The maximum atomic E-state index is 11.4. The number of aromatic amines is 1. The van der Waals surface area contributed by atoms with Gasteiger partial charge >= 0.3 is 0 Å². The van der Waals surface area contributed by atoms with Crippen molar-refractivity contribution < 1.29 is 4.74 Å². The second-order valence-corrected chi connectivity index (χ2v) is 4.87. The molecule has 0 bridgehead atoms. The molecule has 88 valence electrons. The van der Waals surface area contributed by atoms with Gasteiger partial charge in [-0.2, -0.15) is 11.8 Å². The summed E-state index contributed by atoms with van der Waals surface area (Å²) in [5, 5.41) is 3.18. The van der Waals surface area contributed by atoms with Crippen LogP contribution in [0.25, 0.3) is 0 Å². The molecule has 0 aromatic carbocycles. The van der Waals surface area contributed by atoms with Crippen molar-refractivity contribution in [3.8, 4) is 5.75 Å². The van der Waals surface area contributed by atoms with E-state index in [1.165, 1.54) is 31.4 Å². The van der Waals surface area contributed by atoms with Gasteiger partial charge in [-0.05, 0) is 23.8 Å². The number of thioether (sulfide) groups is 1. The molecule has 1 fully saturated rings. The van der Waals surface area contributed by atoms with E-state index in [-0.39, 0.29) is 11.3 Å². The fourth-order valence-corrected chi connectivity index (χ4v) is 2.97. The lowest BCUT2D eigenvalue weighted by molar-refractivity contribution is 0.407. The van der Waals surface area contributed by atoms with Crippen LogP contribution in [-0.4, -0.2) is 35.1 Å². The van der Waals surface area contributed by atoms with Crippen LogP contribution in [-0.2, 0) is 0 Å². The molecule has 6 heteroatoms. The molecule has 1 aromatic heterocycles. The quantitative estimate of drug-likeness (QED) is 0.821. The number of ether oxygens (including phenoxy) is 1. The summed E-state index contributed by atoms with van der Waals surface area (Å²) >= 11 is 1.97. The van der Waals surface area contributed by atoms with Crippen LogP contribution in [0.1, 0.15) is 6.42 Å². The van der Waals surface area contributed by atoms with Gasteiger partial charge in [0.05, 0.1) is 13.4 Å². The topological polar surface area (TPSA) is 67.0 Å². The number of H-pyrrole nitrogens is 1. The number of hydrogen-bond donors (Lipinski definition) is 2. The van der Waals surface area contributed by atoms with E-state index >= 15 is 0 Å². The number of aromatic nitrogens is 2. The molecule has 0 amide bonds. The Labute approximate surface area is 98.0 Å². The molecule has 0 saturated carbocycles. The van der Waals surface area contributed by atoms with E-state index in [4.69, 9.17) is 4.74 Å². The lowest BCUT2D eigenvalue weighted by atomic mass is 10.1. The Morgan fingerprint density at radius 1 is 1.75 bits per heavy atom. The molecule has 1 aliphatic rings. The van der Waals surface area contributed by atoms with Gasteiger partial charge < -0.3 is 15.0 Å². The fraction of sp³-hybridized carbons (Fsp3) is 0.600. The third-order valence-corrected chi connectivity index (χ3v) is 3.83. The Kier molecular flexibility index (Phi) is 3.71. The van der Waals surface area contributed by atoms with Gasteiger partial charge in [0.1, 0.15) is 0 Å². The Hall–Kier alpha value is -1.17. The first kappa shape index (κ1) is 11.3. The van der Waals surface area contributed by atoms with E-state index in [1.807, 2.05) is 11.8 Å². The summed E-state index contributed by atoms with van der Waals surface area (Å²) in [6, 6.07) is 0. The highest BCUT2D eigenvalue weighted by Crippen LogP contribution is 2.24. The third-order valence-electron chi connectivity index (χ3n) is 2.60. The van der Waals surface area contributed by atoms with Gasteiger partial charge in [0.2, 0.25) is 5.75 Å². The zero-order valence-corrected chi connectivity index (χ0v) is 9.97. The first-order chi connectivity index (χ1) is 7.81. The van der Waals surface area contributed by atoms with Crippen LogP contribution in [0.4, 0.5) is 5.82 Å². The average Bonchev–Trinajstić information content (AvgIpc) is 2.79. The van der Waals surface area contributed by atoms with Gasteiger partial charge in [0, 0.05) is 6.54 Å². The average molecular weight is 241 g/mol. The van der Waals surface area contributed by atoms with E-state index in [9.17, 15) is 4.79 Å². The molecule has 0 radical (unpaired) electrons. The minimum atomic E-state index is -0.249. The number of hydrogen-bond acceptors (Lipinski definition) is 5. The van der Waals surface area contributed by atoms with Crippen molar-refractivity contribution in [2.45, 2.75) is 6.42 Å². The summed E-state index contributed by atoms with van der Waals surface area (Å²) in [7, 11) is 1.48. The molecule has 2 rings (SSSR count). The molecule has 16 heavy (non-hydrogen) atoms. The predicted molar refractivity (Wildman–Crippen MR) is 65.3 cm³/mol. The third kappa shape index (κ3) is 2.49. The van der Waals surface area contributed by atoms with E-state index < -0.39 is 0 Å². The molecule has 2 N–H and O–H groups in total. The highest BCUT2D eigenvalue weighted by Gasteiger charge is 2.16. The molecule has 1 aromatic rings. The minimum absolute atomic E-state index is 0.249. The largest absolute Gasteiger partial charge is 0.489 e. The summed E-state index contributed by atoms with van der Waals surface area (Å²) in [6.45, 7) is 0.847. The molecule has 1 saturated heterocycles. The van der Waals surface area contributed by atoms with E-state index in [1.54, 1.807) is 0 Å². The summed E-state index contributed by atoms with van der Waals surface area (Å²) < 4.78 is 5.02. The Morgan fingerprint density at radius 2 is 2.62 bits per heavy atom. The molecule has 1 atom stereocenters. The van der Waals surface area contributed by atoms with Crippen LogP contribution in [0, 0.1) is 5.92 Å². The van der Waals surface area contributed by atoms with Crippen molar-refractivity contribution in [2.75, 3.05) is 30.5 Å². The summed E-state index contributed by atoms with van der Waals surface area (Å²) in [6.07, 6.45) is 2.61. The molecule has 1 unspecified atom stereocenters. The van der Waals surface area contributed by atoms with Crippen LogP contribution in [0.3, 0.4) is 0 Å². The normalized spacial score (nSPS) is 19.7. The van der Waals surface area contributed by atoms with Crippen molar-refractivity contribution in [3.63, 3.8) is 0 Å². The monoisotopic (exact) mass is 241 g/mol. The number of rotatable bonds is 4. The maximum Gasteiger partial charge on any atom is 0.295 e. The lowest BCUT2D eigenvalue weighted by Gasteiger charge is -2.12. The number of anilines is 1. The van der Waals surface area contributed by atoms with Gasteiger partial charge in [0.15, 0.2) is 5.82 Å². The van der Waals surface area contributed by atoms with Crippen LogP contribution in [0.15, 0.2) is 11.1 Å². The van der Waals surface area contributed by atoms with Gasteiger partial charge in [-0.3, -0.25) is 4.79 Å². The van der Waals surface area contributed by atoms with Crippen molar-refractivity contribution in [3.05, 3.63) is 16.7 Å². The van der Waals surface area contributed by atoms with Crippen molar-refractivity contribution >= 4 is 17.6 Å². The zero-order chi connectivity index (χ0) is 11.4. The predicted octanol–water partition coefficient (Wildman–Crippen LogP) is 0.943. The first-order valence-corrected chi connectivity index (χ1v) is 6.40. The van der Waals surface area contributed by atoms with Crippen LogP contribution in [0.5, 0.6) is 5.75 Å². The van der Waals surface area contributed by atoms with Crippen LogP contribution in [0.2, 0.25) is 0 Å². The highest BCUT2D eigenvalue weighted by molar-refractivity contribution is 7.99. The standard InChI is InChI=1S/C10H15N3O2S/c1-15-8-9(12-6-13-10(8)14)11-4-7-2-3-16-5-7/h6-7H,2-5H2,1H3,(H2,11,12,13,14). The number of methoxy groups -OCH3 is 1. The molecule has 0 aliphatic carbocycles. The molecular weight excluding hydrogens is 226 g/mol. The van der Waals surface area contributed by atoms with Gasteiger partial charge in [0.25, 0.3) is 5.56 Å². The highest BCUT2D eigenvalue weighted by atomic mass is 32.2. The smallest absolute Gasteiger partial charge is 0.295 e. The second-order valence-electron chi connectivity index (χ2n) is 3.72. The van der Waals surface area contributed by atoms with E-state index in [0.717, 1.165) is 6.54 Å².